The predicted octanol–water partition coefficient (Wildman–Crippen LogP) is 4.50. The Morgan fingerprint density at radius 1 is 1.29 bits per heavy atom. The number of ether oxygens (including phenoxy) is 1. The Kier molecular flexibility index (Phi) is 5.94. The van der Waals surface area contributed by atoms with Crippen molar-refractivity contribution in [2.45, 2.75) is 72.0 Å². The Balaban J connectivity index is 2.89. The Morgan fingerprint density at radius 2 is 1.83 bits per heavy atom. The lowest BCUT2D eigenvalue weighted by molar-refractivity contribution is -0.156. The summed E-state index contributed by atoms with van der Waals surface area (Å²) in [6.07, 6.45) is 1.22. The normalized spacial score (nSPS) is 24.1. The van der Waals surface area contributed by atoms with Gasteiger partial charge in [0.05, 0.1) is 13.7 Å². The number of ketones is 1. The van der Waals surface area contributed by atoms with E-state index in [1.165, 1.54) is 7.11 Å². The molecule has 0 aliphatic heterocycles. The van der Waals surface area contributed by atoms with Crippen LogP contribution in [0.5, 0.6) is 0 Å². The molecule has 0 aromatic rings. The van der Waals surface area contributed by atoms with Gasteiger partial charge in [-0.3, -0.25) is 9.59 Å². The van der Waals surface area contributed by atoms with E-state index < -0.39 is 19.7 Å². The minimum Gasteiger partial charge on any atom is -0.468 e. The van der Waals surface area contributed by atoms with Crippen molar-refractivity contribution in [1.29, 1.82) is 0 Å². The standard InChI is InChI=1S/C19H34O4Si/c1-14(12-23-24(8,9)17(2,3)4)10-19(16(21)22-7)13-18(5,6)11-15(19)20/h1,10-13H2,2-9H3. The molecule has 24 heavy (non-hydrogen) atoms. The fraction of sp³-hybridized carbons (Fsp3) is 0.789. The molecule has 1 unspecified atom stereocenters. The zero-order valence-corrected chi connectivity index (χ0v) is 17.7. The van der Waals surface area contributed by atoms with Crippen molar-refractivity contribution in [2.24, 2.45) is 10.8 Å². The second-order valence-electron chi connectivity index (χ2n) is 9.49. The highest BCUT2D eigenvalue weighted by Gasteiger charge is 2.56. The third kappa shape index (κ3) is 4.36. The Labute approximate surface area is 148 Å². The quantitative estimate of drug-likeness (QED) is 0.305. The summed E-state index contributed by atoms with van der Waals surface area (Å²) in [5.74, 6) is -0.473. The smallest absolute Gasteiger partial charge is 0.319 e. The van der Waals surface area contributed by atoms with Gasteiger partial charge in [-0.25, -0.2) is 0 Å². The molecule has 0 bridgehead atoms. The van der Waals surface area contributed by atoms with Gasteiger partial charge in [-0.2, -0.15) is 0 Å². The zero-order valence-electron chi connectivity index (χ0n) is 16.7. The first kappa shape index (κ1) is 21.1. The van der Waals surface area contributed by atoms with Crippen molar-refractivity contribution < 1.29 is 18.8 Å². The van der Waals surface area contributed by atoms with Gasteiger partial charge in [0.1, 0.15) is 5.41 Å². The molecule has 4 nitrogen and oxygen atoms in total. The average Bonchev–Trinajstić information content (AvgIpc) is 2.64. The second-order valence-corrected chi connectivity index (χ2v) is 14.3. The maximum absolute atomic E-state index is 12.6. The van der Waals surface area contributed by atoms with E-state index in [0.717, 1.165) is 5.57 Å². The summed E-state index contributed by atoms with van der Waals surface area (Å²) in [4.78, 5) is 25.0. The predicted molar refractivity (Wildman–Crippen MR) is 99.4 cm³/mol. The summed E-state index contributed by atoms with van der Waals surface area (Å²) in [6.45, 7) is 19.4. The van der Waals surface area contributed by atoms with Crippen LogP contribution in [-0.2, 0) is 18.8 Å². The van der Waals surface area contributed by atoms with Crippen molar-refractivity contribution in [1.82, 2.24) is 0 Å². The highest BCUT2D eigenvalue weighted by molar-refractivity contribution is 6.74. The van der Waals surface area contributed by atoms with E-state index in [-0.39, 0.29) is 16.2 Å². The summed E-state index contributed by atoms with van der Waals surface area (Å²) >= 11 is 0. The molecule has 1 aliphatic carbocycles. The van der Waals surface area contributed by atoms with Crippen LogP contribution in [-0.4, -0.2) is 33.8 Å². The molecule has 0 saturated heterocycles. The van der Waals surface area contributed by atoms with E-state index in [1.807, 2.05) is 13.8 Å². The van der Waals surface area contributed by atoms with Gasteiger partial charge in [0.15, 0.2) is 14.1 Å². The number of carbonyl (C=O) groups excluding carboxylic acids is 2. The lowest BCUT2D eigenvalue weighted by atomic mass is 9.76. The molecule has 0 heterocycles. The molecule has 0 aromatic carbocycles. The van der Waals surface area contributed by atoms with E-state index in [0.29, 0.717) is 25.9 Å². The van der Waals surface area contributed by atoms with Crippen molar-refractivity contribution >= 4 is 20.1 Å². The molecular weight excluding hydrogens is 320 g/mol. The number of esters is 1. The molecule has 0 amide bonds. The molecular formula is C19H34O4Si. The summed E-state index contributed by atoms with van der Waals surface area (Å²) in [6, 6.07) is 0. The summed E-state index contributed by atoms with van der Waals surface area (Å²) < 4.78 is 11.2. The Morgan fingerprint density at radius 3 is 2.21 bits per heavy atom. The molecule has 5 heteroatoms. The fourth-order valence-corrected chi connectivity index (χ4v) is 4.17. The van der Waals surface area contributed by atoms with Crippen LogP contribution in [0.1, 0.15) is 53.9 Å². The van der Waals surface area contributed by atoms with Crippen molar-refractivity contribution in [3.05, 3.63) is 12.2 Å². The average molecular weight is 355 g/mol. The highest BCUT2D eigenvalue weighted by atomic mass is 28.4. The second kappa shape index (κ2) is 6.75. The van der Waals surface area contributed by atoms with Crippen LogP contribution in [0, 0.1) is 10.8 Å². The number of hydrogen-bond donors (Lipinski definition) is 0. The highest BCUT2D eigenvalue weighted by Crippen LogP contribution is 2.50. The molecule has 1 fully saturated rings. The molecule has 1 aliphatic rings. The van der Waals surface area contributed by atoms with Gasteiger partial charge >= 0.3 is 5.97 Å². The molecule has 0 aromatic heterocycles. The lowest BCUT2D eigenvalue weighted by Gasteiger charge is -2.37. The van der Waals surface area contributed by atoms with Crippen LogP contribution in [0.3, 0.4) is 0 Å². The van der Waals surface area contributed by atoms with E-state index in [2.05, 4.69) is 40.4 Å². The van der Waals surface area contributed by atoms with E-state index in [4.69, 9.17) is 9.16 Å². The lowest BCUT2D eigenvalue weighted by Crippen LogP contribution is -2.42. The first-order valence-corrected chi connectivity index (χ1v) is 11.5. The van der Waals surface area contributed by atoms with Crippen molar-refractivity contribution in [2.75, 3.05) is 13.7 Å². The molecule has 0 spiro atoms. The third-order valence-electron chi connectivity index (χ3n) is 5.52. The van der Waals surface area contributed by atoms with Gasteiger partial charge in [-0.05, 0) is 36.4 Å². The number of methoxy groups -OCH3 is 1. The number of carbonyl (C=O) groups is 2. The molecule has 1 atom stereocenters. The van der Waals surface area contributed by atoms with Crippen molar-refractivity contribution in [3.8, 4) is 0 Å². The molecule has 1 rings (SSSR count). The van der Waals surface area contributed by atoms with Crippen LogP contribution in [0.15, 0.2) is 12.2 Å². The minimum absolute atomic E-state index is 0.0344. The summed E-state index contributed by atoms with van der Waals surface area (Å²) in [5.41, 5.74) is -0.492. The van der Waals surface area contributed by atoms with Crippen LogP contribution >= 0.6 is 0 Å². The van der Waals surface area contributed by atoms with Crippen molar-refractivity contribution in [3.63, 3.8) is 0 Å². The topological polar surface area (TPSA) is 52.6 Å². The van der Waals surface area contributed by atoms with Gasteiger partial charge in [0.2, 0.25) is 0 Å². The maximum Gasteiger partial charge on any atom is 0.319 e. The largest absolute Gasteiger partial charge is 0.468 e. The molecule has 1 saturated carbocycles. The SMILES string of the molecule is C=C(CO[Si](C)(C)C(C)(C)C)CC1(C(=O)OC)CC(C)(C)CC1=O. The molecule has 0 N–H and O–H groups in total. The first-order chi connectivity index (χ1) is 10.7. The van der Waals surface area contributed by atoms with Gasteiger partial charge in [0.25, 0.3) is 0 Å². The zero-order chi connectivity index (χ0) is 19.0. The number of rotatable bonds is 6. The van der Waals surface area contributed by atoms with Crippen LogP contribution < -0.4 is 0 Å². The van der Waals surface area contributed by atoms with Gasteiger partial charge in [-0.1, -0.05) is 46.8 Å². The third-order valence-corrected chi connectivity index (χ3v) is 10.0. The fourth-order valence-electron chi connectivity index (χ4n) is 3.17. The van der Waals surface area contributed by atoms with E-state index in [1.54, 1.807) is 0 Å². The maximum atomic E-state index is 12.6. The summed E-state index contributed by atoms with van der Waals surface area (Å²) in [5, 5.41) is 0.110. The minimum atomic E-state index is -1.89. The van der Waals surface area contributed by atoms with Gasteiger partial charge in [-0.15, -0.1) is 0 Å². The molecule has 0 radical (unpaired) electrons. The molecule has 138 valence electrons. The van der Waals surface area contributed by atoms with Crippen LogP contribution in [0.25, 0.3) is 0 Å². The van der Waals surface area contributed by atoms with Gasteiger partial charge in [0, 0.05) is 6.42 Å². The number of hydrogen-bond acceptors (Lipinski definition) is 4. The van der Waals surface area contributed by atoms with Crippen LogP contribution in [0.2, 0.25) is 18.1 Å². The van der Waals surface area contributed by atoms with E-state index >= 15 is 0 Å². The summed E-state index contributed by atoms with van der Waals surface area (Å²) in [7, 11) is -0.546. The van der Waals surface area contributed by atoms with Gasteiger partial charge < -0.3 is 9.16 Å². The Hall–Kier alpha value is -0.943. The number of Topliss-reactive ketones (excluding diaryl/α,β-unsaturated/α-hetero) is 1. The monoisotopic (exact) mass is 354 g/mol. The Bertz CT molecular complexity index is 528. The van der Waals surface area contributed by atoms with E-state index in [9.17, 15) is 9.59 Å². The first-order valence-electron chi connectivity index (χ1n) is 8.59. The van der Waals surface area contributed by atoms with Crippen LogP contribution in [0.4, 0.5) is 0 Å².